The highest BCUT2D eigenvalue weighted by molar-refractivity contribution is 6.04. The summed E-state index contributed by atoms with van der Waals surface area (Å²) < 4.78 is 5.44. The van der Waals surface area contributed by atoms with Crippen LogP contribution in [-0.2, 0) is 4.74 Å². The van der Waals surface area contributed by atoms with Gasteiger partial charge in [-0.2, -0.15) is 0 Å². The molecule has 2 aliphatic heterocycles. The van der Waals surface area contributed by atoms with Gasteiger partial charge in [0.05, 0.1) is 24.6 Å². The Morgan fingerprint density at radius 3 is 2.55 bits per heavy atom. The summed E-state index contributed by atoms with van der Waals surface area (Å²) in [6.45, 7) is 9.98. The number of aromatic nitrogens is 2. The van der Waals surface area contributed by atoms with E-state index < -0.39 is 0 Å². The number of ether oxygens (including phenoxy) is 1. The average Bonchev–Trinajstić information content (AvgIpc) is 2.80. The average molecular weight is 396 g/mol. The van der Waals surface area contributed by atoms with E-state index in [0.29, 0.717) is 24.9 Å². The van der Waals surface area contributed by atoms with Crippen LogP contribution in [0.4, 0.5) is 17.3 Å². The van der Waals surface area contributed by atoms with E-state index in [9.17, 15) is 4.79 Å². The Balaban J connectivity index is 1.47. The lowest BCUT2D eigenvalue weighted by Gasteiger charge is -2.34. The number of carbonyl (C=O) groups is 1. The highest BCUT2D eigenvalue weighted by Crippen LogP contribution is 2.26. The first kappa shape index (κ1) is 19.6. The number of amides is 1. The predicted molar refractivity (Wildman–Crippen MR) is 114 cm³/mol. The maximum atomic E-state index is 12.9. The zero-order valence-electron chi connectivity index (χ0n) is 16.9. The van der Waals surface area contributed by atoms with Crippen LogP contribution in [0.3, 0.4) is 0 Å². The smallest absolute Gasteiger partial charge is 0.274 e. The zero-order chi connectivity index (χ0) is 20.1. The summed E-state index contributed by atoms with van der Waals surface area (Å²) in [5.74, 6) is 0.399. The van der Waals surface area contributed by atoms with Crippen molar-refractivity contribution in [2.75, 3.05) is 74.1 Å². The molecule has 2 saturated heterocycles. The Hall–Kier alpha value is -2.71. The molecule has 0 atom stereocenters. The van der Waals surface area contributed by atoms with E-state index in [2.05, 4.69) is 36.9 Å². The number of para-hydroxylation sites is 2. The van der Waals surface area contributed by atoms with Crippen LogP contribution in [0, 0.1) is 0 Å². The third-order valence-electron chi connectivity index (χ3n) is 5.48. The second-order valence-electron chi connectivity index (χ2n) is 7.23. The molecule has 4 rings (SSSR count). The van der Waals surface area contributed by atoms with Crippen molar-refractivity contribution in [2.45, 2.75) is 6.92 Å². The molecule has 8 nitrogen and oxygen atoms in total. The summed E-state index contributed by atoms with van der Waals surface area (Å²) >= 11 is 0. The lowest BCUT2D eigenvalue weighted by atomic mass is 10.2. The molecule has 0 unspecified atom stereocenters. The number of carbonyl (C=O) groups excluding carboxylic acids is 1. The summed E-state index contributed by atoms with van der Waals surface area (Å²) in [6.07, 6.45) is 1.66. The number of piperazine rings is 1. The molecule has 1 amide bonds. The van der Waals surface area contributed by atoms with Gasteiger partial charge in [0, 0.05) is 45.5 Å². The molecule has 1 N–H and O–H groups in total. The minimum atomic E-state index is -0.221. The van der Waals surface area contributed by atoms with Crippen molar-refractivity contribution in [1.29, 1.82) is 0 Å². The van der Waals surface area contributed by atoms with Crippen molar-refractivity contribution >= 4 is 23.2 Å². The molecule has 3 heterocycles. The van der Waals surface area contributed by atoms with Gasteiger partial charge in [-0.05, 0) is 24.7 Å². The summed E-state index contributed by atoms with van der Waals surface area (Å²) in [6, 6.07) is 9.53. The number of morpholine rings is 1. The van der Waals surface area contributed by atoms with Crippen LogP contribution in [0.2, 0.25) is 0 Å². The van der Waals surface area contributed by atoms with Crippen molar-refractivity contribution in [2.24, 2.45) is 0 Å². The van der Waals surface area contributed by atoms with Crippen LogP contribution in [0.15, 0.2) is 36.5 Å². The third kappa shape index (κ3) is 4.65. The monoisotopic (exact) mass is 396 g/mol. The summed E-state index contributed by atoms with van der Waals surface area (Å²) in [4.78, 5) is 28.6. The SMILES string of the molecule is CCN1CCN(c2nccc(C(=O)Nc3ccccc3N3CCOCC3)n2)CC1. The number of nitrogens with one attached hydrogen (secondary N) is 1. The van der Waals surface area contributed by atoms with E-state index in [1.165, 1.54) is 0 Å². The fourth-order valence-corrected chi connectivity index (χ4v) is 3.74. The van der Waals surface area contributed by atoms with Crippen LogP contribution in [-0.4, -0.2) is 79.8 Å². The van der Waals surface area contributed by atoms with Gasteiger partial charge in [-0.1, -0.05) is 19.1 Å². The molecule has 2 aliphatic rings. The fourth-order valence-electron chi connectivity index (χ4n) is 3.74. The molecule has 154 valence electrons. The zero-order valence-corrected chi connectivity index (χ0v) is 16.9. The van der Waals surface area contributed by atoms with Gasteiger partial charge in [0.2, 0.25) is 5.95 Å². The normalized spacial score (nSPS) is 18.0. The van der Waals surface area contributed by atoms with Gasteiger partial charge in [-0.3, -0.25) is 4.79 Å². The van der Waals surface area contributed by atoms with E-state index in [0.717, 1.165) is 57.2 Å². The van der Waals surface area contributed by atoms with Crippen LogP contribution in [0.1, 0.15) is 17.4 Å². The largest absolute Gasteiger partial charge is 0.378 e. The van der Waals surface area contributed by atoms with Crippen LogP contribution in [0.5, 0.6) is 0 Å². The lowest BCUT2D eigenvalue weighted by Crippen LogP contribution is -2.46. The lowest BCUT2D eigenvalue weighted by molar-refractivity contribution is 0.102. The minimum absolute atomic E-state index is 0.221. The van der Waals surface area contributed by atoms with Crippen molar-refractivity contribution in [3.05, 3.63) is 42.2 Å². The molecular formula is C21H28N6O2. The van der Waals surface area contributed by atoms with Gasteiger partial charge in [-0.15, -0.1) is 0 Å². The van der Waals surface area contributed by atoms with Gasteiger partial charge in [0.15, 0.2) is 0 Å². The molecule has 0 spiro atoms. The van der Waals surface area contributed by atoms with Gasteiger partial charge < -0.3 is 24.8 Å². The van der Waals surface area contributed by atoms with Gasteiger partial charge in [0.1, 0.15) is 5.69 Å². The molecule has 0 aliphatic carbocycles. The minimum Gasteiger partial charge on any atom is -0.378 e. The first-order valence-electron chi connectivity index (χ1n) is 10.3. The first-order valence-corrected chi connectivity index (χ1v) is 10.3. The Morgan fingerprint density at radius 1 is 1.03 bits per heavy atom. The molecule has 8 heteroatoms. The third-order valence-corrected chi connectivity index (χ3v) is 5.48. The highest BCUT2D eigenvalue weighted by Gasteiger charge is 2.20. The fraction of sp³-hybridized carbons (Fsp3) is 0.476. The van der Waals surface area contributed by atoms with Crippen molar-refractivity contribution in [3.63, 3.8) is 0 Å². The number of hydrogen-bond donors (Lipinski definition) is 1. The number of rotatable bonds is 5. The topological polar surface area (TPSA) is 73.8 Å². The molecule has 0 saturated carbocycles. The molecular weight excluding hydrogens is 368 g/mol. The number of anilines is 3. The maximum absolute atomic E-state index is 12.9. The molecule has 29 heavy (non-hydrogen) atoms. The van der Waals surface area contributed by atoms with E-state index >= 15 is 0 Å². The quantitative estimate of drug-likeness (QED) is 0.825. The van der Waals surface area contributed by atoms with Crippen LogP contribution in [0.25, 0.3) is 0 Å². The first-order chi connectivity index (χ1) is 14.2. The van der Waals surface area contributed by atoms with E-state index in [1.807, 2.05) is 24.3 Å². The van der Waals surface area contributed by atoms with E-state index in [4.69, 9.17) is 4.74 Å². The van der Waals surface area contributed by atoms with Crippen molar-refractivity contribution < 1.29 is 9.53 Å². The molecule has 1 aromatic heterocycles. The highest BCUT2D eigenvalue weighted by atomic mass is 16.5. The molecule has 0 radical (unpaired) electrons. The Kier molecular flexibility index (Phi) is 6.21. The number of nitrogens with zero attached hydrogens (tertiary/aromatic N) is 5. The summed E-state index contributed by atoms with van der Waals surface area (Å²) in [5, 5.41) is 3.03. The van der Waals surface area contributed by atoms with Gasteiger partial charge in [0.25, 0.3) is 5.91 Å². The summed E-state index contributed by atoms with van der Waals surface area (Å²) in [5.41, 5.74) is 2.18. The predicted octanol–water partition coefficient (Wildman–Crippen LogP) is 1.71. The Morgan fingerprint density at radius 2 is 1.79 bits per heavy atom. The second-order valence-corrected chi connectivity index (χ2v) is 7.23. The van der Waals surface area contributed by atoms with Crippen molar-refractivity contribution in [3.8, 4) is 0 Å². The van der Waals surface area contributed by atoms with Gasteiger partial charge in [-0.25, -0.2) is 9.97 Å². The standard InChI is InChI=1S/C21H28N6O2/c1-2-25-9-11-27(12-10-25)21-22-8-7-18(24-21)20(28)23-17-5-3-4-6-19(17)26-13-15-29-16-14-26/h3-8H,2,9-16H2,1H3,(H,23,28). The molecule has 0 bridgehead atoms. The number of hydrogen-bond acceptors (Lipinski definition) is 7. The number of benzene rings is 1. The molecule has 1 aromatic carbocycles. The Labute approximate surface area is 171 Å². The van der Waals surface area contributed by atoms with Crippen LogP contribution >= 0.6 is 0 Å². The Bertz CT molecular complexity index is 831. The molecule has 2 fully saturated rings. The maximum Gasteiger partial charge on any atom is 0.274 e. The van der Waals surface area contributed by atoms with Crippen LogP contribution < -0.4 is 15.1 Å². The number of likely N-dealkylation sites (N-methyl/N-ethyl adjacent to an activating group) is 1. The van der Waals surface area contributed by atoms with Crippen molar-refractivity contribution in [1.82, 2.24) is 14.9 Å². The van der Waals surface area contributed by atoms with Gasteiger partial charge >= 0.3 is 0 Å². The summed E-state index contributed by atoms with van der Waals surface area (Å²) in [7, 11) is 0. The van der Waals surface area contributed by atoms with E-state index in [1.54, 1.807) is 12.3 Å². The molecule has 2 aromatic rings. The van der Waals surface area contributed by atoms with E-state index in [-0.39, 0.29) is 5.91 Å². The second kappa shape index (κ2) is 9.19.